The highest BCUT2D eigenvalue weighted by atomic mass is 16.4. The molecule has 1 unspecified atom stereocenters. The smallest absolute Gasteiger partial charge is 0.306 e. The predicted molar refractivity (Wildman–Crippen MR) is 68.6 cm³/mol. The van der Waals surface area contributed by atoms with Crippen LogP contribution in [0.1, 0.15) is 12.0 Å². The molecular weight excluding hydrogens is 248 g/mol. The van der Waals surface area contributed by atoms with E-state index in [2.05, 4.69) is 4.98 Å². The summed E-state index contributed by atoms with van der Waals surface area (Å²) in [5.41, 5.74) is 2.54. The number of carboxylic acid groups (broad SMARTS) is 1. The van der Waals surface area contributed by atoms with Crippen molar-refractivity contribution in [2.75, 3.05) is 13.6 Å². The fourth-order valence-electron chi connectivity index (χ4n) is 2.00. The van der Waals surface area contributed by atoms with Crippen LogP contribution in [0.25, 0.3) is 11.1 Å². The SMILES string of the molecule is CN(Cc1ccc2ncoc2c1)CC(O)CC(=O)O. The quantitative estimate of drug-likeness (QED) is 0.812. The molecule has 0 spiro atoms. The molecule has 1 aromatic heterocycles. The van der Waals surface area contributed by atoms with Crippen molar-refractivity contribution in [1.82, 2.24) is 9.88 Å². The average Bonchev–Trinajstić information content (AvgIpc) is 2.74. The second-order valence-electron chi connectivity index (χ2n) is 4.60. The number of carboxylic acids is 1. The van der Waals surface area contributed by atoms with Crippen LogP contribution in [0.3, 0.4) is 0 Å². The molecule has 19 heavy (non-hydrogen) atoms. The topological polar surface area (TPSA) is 86.8 Å². The summed E-state index contributed by atoms with van der Waals surface area (Å²) in [4.78, 5) is 16.4. The number of fused-ring (bicyclic) bond motifs is 1. The van der Waals surface area contributed by atoms with Crippen molar-refractivity contribution in [1.29, 1.82) is 0 Å². The lowest BCUT2D eigenvalue weighted by Gasteiger charge is -2.19. The molecule has 6 nitrogen and oxygen atoms in total. The molecule has 1 aromatic carbocycles. The third kappa shape index (κ3) is 3.77. The lowest BCUT2D eigenvalue weighted by atomic mass is 10.2. The van der Waals surface area contributed by atoms with Crippen molar-refractivity contribution < 1.29 is 19.4 Å². The first-order valence-corrected chi connectivity index (χ1v) is 5.95. The summed E-state index contributed by atoms with van der Waals surface area (Å²) in [6.07, 6.45) is 0.289. The molecule has 6 heteroatoms. The first-order valence-electron chi connectivity index (χ1n) is 5.95. The van der Waals surface area contributed by atoms with E-state index in [4.69, 9.17) is 9.52 Å². The minimum Gasteiger partial charge on any atom is -0.481 e. The van der Waals surface area contributed by atoms with E-state index in [-0.39, 0.29) is 6.42 Å². The summed E-state index contributed by atoms with van der Waals surface area (Å²) in [5, 5.41) is 18.1. The molecule has 0 fully saturated rings. The summed E-state index contributed by atoms with van der Waals surface area (Å²) in [5.74, 6) is -0.996. The van der Waals surface area contributed by atoms with Gasteiger partial charge in [0.05, 0.1) is 12.5 Å². The molecule has 0 saturated carbocycles. The maximum absolute atomic E-state index is 10.5. The van der Waals surface area contributed by atoms with E-state index in [9.17, 15) is 9.90 Å². The Labute approximate surface area is 110 Å². The zero-order valence-electron chi connectivity index (χ0n) is 10.6. The second kappa shape index (κ2) is 5.81. The lowest BCUT2D eigenvalue weighted by Crippen LogP contribution is -2.30. The molecule has 102 valence electrons. The summed E-state index contributed by atoms with van der Waals surface area (Å²) < 4.78 is 5.22. The second-order valence-corrected chi connectivity index (χ2v) is 4.60. The van der Waals surface area contributed by atoms with Crippen molar-refractivity contribution in [2.24, 2.45) is 0 Å². The van der Waals surface area contributed by atoms with Gasteiger partial charge in [0.15, 0.2) is 12.0 Å². The number of likely N-dealkylation sites (N-methyl/N-ethyl adjacent to an activating group) is 1. The highest BCUT2D eigenvalue weighted by Gasteiger charge is 2.12. The van der Waals surface area contributed by atoms with Gasteiger partial charge in [-0.15, -0.1) is 0 Å². The van der Waals surface area contributed by atoms with Gasteiger partial charge in [0.25, 0.3) is 0 Å². The van der Waals surface area contributed by atoms with Crippen LogP contribution in [-0.4, -0.2) is 45.8 Å². The minimum atomic E-state index is -0.996. The standard InChI is InChI=1S/C13H16N2O4/c1-15(7-10(16)5-13(17)18)6-9-2-3-11-12(4-9)19-8-14-11/h2-4,8,10,16H,5-7H2,1H3,(H,17,18). The van der Waals surface area contributed by atoms with Crippen LogP contribution in [0.15, 0.2) is 29.0 Å². The minimum absolute atomic E-state index is 0.245. The molecule has 0 radical (unpaired) electrons. The van der Waals surface area contributed by atoms with E-state index in [1.807, 2.05) is 30.1 Å². The predicted octanol–water partition coefficient (Wildman–Crippen LogP) is 1.10. The molecule has 0 aliphatic heterocycles. The van der Waals surface area contributed by atoms with Crippen LogP contribution in [-0.2, 0) is 11.3 Å². The zero-order chi connectivity index (χ0) is 13.8. The molecule has 2 rings (SSSR count). The fourth-order valence-corrected chi connectivity index (χ4v) is 2.00. The first kappa shape index (κ1) is 13.5. The van der Waals surface area contributed by atoms with Crippen molar-refractivity contribution in [3.63, 3.8) is 0 Å². The number of aliphatic hydroxyl groups is 1. The van der Waals surface area contributed by atoms with E-state index < -0.39 is 12.1 Å². The van der Waals surface area contributed by atoms with Crippen LogP contribution < -0.4 is 0 Å². The monoisotopic (exact) mass is 264 g/mol. The third-order valence-corrected chi connectivity index (χ3v) is 2.78. The molecule has 0 saturated heterocycles. The van der Waals surface area contributed by atoms with Gasteiger partial charge < -0.3 is 14.6 Å². The largest absolute Gasteiger partial charge is 0.481 e. The zero-order valence-corrected chi connectivity index (χ0v) is 10.6. The maximum Gasteiger partial charge on any atom is 0.306 e. The van der Waals surface area contributed by atoms with Crippen LogP contribution in [0, 0.1) is 0 Å². The number of hydrogen-bond acceptors (Lipinski definition) is 5. The van der Waals surface area contributed by atoms with E-state index in [0.29, 0.717) is 13.1 Å². The molecule has 0 amide bonds. The number of oxazole rings is 1. The molecule has 1 heterocycles. The molecule has 0 aliphatic rings. The van der Waals surface area contributed by atoms with Gasteiger partial charge in [-0.1, -0.05) is 6.07 Å². The van der Waals surface area contributed by atoms with Crippen LogP contribution in [0.2, 0.25) is 0 Å². The van der Waals surface area contributed by atoms with Crippen molar-refractivity contribution in [3.05, 3.63) is 30.2 Å². The van der Waals surface area contributed by atoms with Gasteiger partial charge in [0.1, 0.15) is 5.52 Å². The fraction of sp³-hybridized carbons (Fsp3) is 0.385. The molecule has 2 N–H and O–H groups in total. The van der Waals surface area contributed by atoms with Gasteiger partial charge in [-0.2, -0.15) is 0 Å². The van der Waals surface area contributed by atoms with Gasteiger partial charge in [-0.3, -0.25) is 9.69 Å². The number of aliphatic hydroxyl groups excluding tert-OH is 1. The maximum atomic E-state index is 10.5. The van der Waals surface area contributed by atoms with Crippen molar-refractivity contribution >= 4 is 17.1 Å². The number of hydrogen-bond donors (Lipinski definition) is 2. The highest BCUT2D eigenvalue weighted by Crippen LogP contribution is 2.15. The number of benzene rings is 1. The molecular formula is C13H16N2O4. The Morgan fingerprint density at radius 3 is 3.05 bits per heavy atom. The first-order chi connectivity index (χ1) is 9.04. The summed E-state index contributed by atoms with van der Waals surface area (Å²) in [6, 6.07) is 5.70. The van der Waals surface area contributed by atoms with E-state index in [1.165, 1.54) is 6.39 Å². The molecule has 0 aliphatic carbocycles. The Balaban J connectivity index is 1.94. The van der Waals surface area contributed by atoms with Gasteiger partial charge in [0, 0.05) is 13.1 Å². The summed E-state index contributed by atoms with van der Waals surface area (Å²) in [7, 11) is 1.83. The van der Waals surface area contributed by atoms with Crippen LogP contribution in [0.5, 0.6) is 0 Å². The summed E-state index contributed by atoms with van der Waals surface area (Å²) >= 11 is 0. The Morgan fingerprint density at radius 2 is 2.32 bits per heavy atom. The van der Waals surface area contributed by atoms with Gasteiger partial charge in [0.2, 0.25) is 0 Å². The van der Waals surface area contributed by atoms with Gasteiger partial charge in [-0.05, 0) is 24.7 Å². The molecule has 1 atom stereocenters. The van der Waals surface area contributed by atoms with Crippen LogP contribution in [0.4, 0.5) is 0 Å². The molecule has 2 aromatic rings. The third-order valence-electron chi connectivity index (χ3n) is 2.78. The Morgan fingerprint density at radius 1 is 1.53 bits per heavy atom. The van der Waals surface area contributed by atoms with Crippen LogP contribution >= 0.6 is 0 Å². The van der Waals surface area contributed by atoms with Gasteiger partial charge in [-0.25, -0.2) is 4.98 Å². The van der Waals surface area contributed by atoms with Crippen molar-refractivity contribution in [3.8, 4) is 0 Å². The Hall–Kier alpha value is -1.92. The number of rotatable bonds is 6. The van der Waals surface area contributed by atoms with Crippen molar-refractivity contribution in [2.45, 2.75) is 19.1 Å². The lowest BCUT2D eigenvalue weighted by molar-refractivity contribution is -0.139. The number of carbonyl (C=O) groups is 1. The Kier molecular flexibility index (Phi) is 4.13. The van der Waals surface area contributed by atoms with E-state index >= 15 is 0 Å². The molecule has 0 bridgehead atoms. The number of aliphatic carboxylic acids is 1. The highest BCUT2D eigenvalue weighted by molar-refractivity contribution is 5.72. The average molecular weight is 264 g/mol. The van der Waals surface area contributed by atoms with Gasteiger partial charge >= 0.3 is 5.97 Å². The number of aromatic nitrogens is 1. The van der Waals surface area contributed by atoms with E-state index in [1.54, 1.807) is 0 Å². The Bertz CT molecular complexity index is 567. The van der Waals surface area contributed by atoms with E-state index in [0.717, 1.165) is 16.7 Å². The summed E-state index contributed by atoms with van der Waals surface area (Å²) in [6.45, 7) is 0.911. The number of nitrogens with zero attached hydrogens (tertiary/aromatic N) is 2. The normalized spacial score (nSPS) is 13.0.